The maximum atomic E-state index is 12.8. The van der Waals surface area contributed by atoms with Crippen LogP contribution in [0.25, 0.3) is 11.4 Å². The number of hydrogen-bond donors (Lipinski definition) is 1. The van der Waals surface area contributed by atoms with Crippen LogP contribution >= 0.6 is 0 Å². The number of likely N-dealkylation sites (tertiary alicyclic amines) is 1. The van der Waals surface area contributed by atoms with Gasteiger partial charge in [-0.2, -0.15) is 4.98 Å². The number of nitrogens with one attached hydrogen (secondary N) is 1. The van der Waals surface area contributed by atoms with Gasteiger partial charge in [-0.1, -0.05) is 47.6 Å². The Bertz CT molecular complexity index is 1010. The van der Waals surface area contributed by atoms with E-state index in [2.05, 4.69) is 15.5 Å². The van der Waals surface area contributed by atoms with Crippen molar-refractivity contribution in [1.82, 2.24) is 20.4 Å². The lowest BCUT2D eigenvalue weighted by Gasteiger charge is -2.31. The van der Waals surface area contributed by atoms with E-state index in [1.807, 2.05) is 47.4 Å². The summed E-state index contributed by atoms with van der Waals surface area (Å²) >= 11 is 0. The van der Waals surface area contributed by atoms with Gasteiger partial charge < -0.3 is 14.7 Å². The molecule has 30 heavy (non-hydrogen) atoms. The first kappa shape index (κ1) is 19.8. The van der Waals surface area contributed by atoms with Crippen LogP contribution in [0.1, 0.15) is 34.7 Å². The van der Waals surface area contributed by atoms with Gasteiger partial charge in [0.1, 0.15) is 0 Å². The summed E-state index contributed by atoms with van der Waals surface area (Å²) in [6.45, 7) is 3.42. The molecule has 2 amide bonds. The normalized spacial score (nSPS) is 14.5. The highest BCUT2D eigenvalue weighted by molar-refractivity contribution is 5.94. The minimum absolute atomic E-state index is 0.0195. The van der Waals surface area contributed by atoms with Crippen LogP contribution in [0.3, 0.4) is 0 Å². The average Bonchev–Trinajstić information content (AvgIpc) is 3.24. The predicted molar refractivity (Wildman–Crippen MR) is 111 cm³/mol. The van der Waals surface area contributed by atoms with E-state index in [1.165, 1.54) is 0 Å². The summed E-state index contributed by atoms with van der Waals surface area (Å²) < 4.78 is 4.99. The molecule has 2 aromatic carbocycles. The number of aromatic nitrogens is 2. The third-order valence-corrected chi connectivity index (χ3v) is 5.38. The predicted octanol–water partition coefficient (Wildman–Crippen LogP) is 3.21. The molecule has 154 valence electrons. The number of rotatable bonds is 5. The van der Waals surface area contributed by atoms with Crippen LogP contribution < -0.4 is 5.32 Å². The fourth-order valence-corrected chi connectivity index (χ4v) is 3.64. The van der Waals surface area contributed by atoms with Crippen LogP contribution in [0, 0.1) is 12.8 Å². The van der Waals surface area contributed by atoms with Crippen molar-refractivity contribution in [2.24, 2.45) is 5.92 Å². The van der Waals surface area contributed by atoms with Gasteiger partial charge >= 0.3 is 0 Å². The molecule has 3 aromatic rings. The maximum Gasteiger partial charge on any atom is 0.253 e. The summed E-state index contributed by atoms with van der Waals surface area (Å²) in [5, 5.41) is 6.90. The van der Waals surface area contributed by atoms with Crippen molar-refractivity contribution in [3.8, 4) is 11.4 Å². The van der Waals surface area contributed by atoms with Crippen LogP contribution in [0.5, 0.6) is 0 Å². The Labute approximate surface area is 175 Å². The Morgan fingerprint density at radius 3 is 2.40 bits per heavy atom. The second-order valence-corrected chi connectivity index (χ2v) is 7.48. The summed E-state index contributed by atoms with van der Waals surface area (Å²) in [5.74, 6) is 0.996. The summed E-state index contributed by atoms with van der Waals surface area (Å²) in [7, 11) is 0. The zero-order valence-corrected chi connectivity index (χ0v) is 16.9. The lowest BCUT2D eigenvalue weighted by molar-refractivity contribution is -0.126. The molecule has 0 bridgehead atoms. The number of carbonyl (C=O) groups excluding carboxylic acids is 2. The molecule has 1 aromatic heterocycles. The van der Waals surface area contributed by atoms with Crippen molar-refractivity contribution in [2.75, 3.05) is 13.1 Å². The monoisotopic (exact) mass is 404 g/mol. The first-order valence-electron chi connectivity index (χ1n) is 10.1. The van der Waals surface area contributed by atoms with Gasteiger partial charge in [0.15, 0.2) is 0 Å². The lowest BCUT2D eigenvalue weighted by atomic mass is 9.95. The molecule has 0 spiro atoms. The molecule has 1 aliphatic heterocycles. The van der Waals surface area contributed by atoms with Crippen LogP contribution in [0.2, 0.25) is 0 Å². The molecule has 7 heteroatoms. The van der Waals surface area contributed by atoms with Crippen LogP contribution in [-0.4, -0.2) is 39.9 Å². The molecule has 7 nitrogen and oxygen atoms in total. The second-order valence-electron chi connectivity index (χ2n) is 7.48. The van der Waals surface area contributed by atoms with E-state index in [1.54, 1.807) is 19.1 Å². The zero-order chi connectivity index (χ0) is 20.9. The molecule has 4 rings (SSSR count). The van der Waals surface area contributed by atoms with Crippen molar-refractivity contribution >= 4 is 11.8 Å². The summed E-state index contributed by atoms with van der Waals surface area (Å²) in [6, 6.07) is 17.1. The largest absolute Gasteiger partial charge is 0.352 e. The van der Waals surface area contributed by atoms with Crippen molar-refractivity contribution in [2.45, 2.75) is 26.3 Å². The van der Waals surface area contributed by atoms with Gasteiger partial charge in [0.2, 0.25) is 17.6 Å². The van der Waals surface area contributed by atoms with Crippen molar-refractivity contribution < 1.29 is 14.1 Å². The summed E-state index contributed by atoms with van der Waals surface area (Å²) in [6.07, 6.45) is 1.35. The topological polar surface area (TPSA) is 88.3 Å². The van der Waals surface area contributed by atoms with E-state index < -0.39 is 0 Å². The minimum atomic E-state index is -0.0541. The fourth-order valence-electron chi connectivity index (χ4n) is 3.64. The molecule has 1 N–H and O–H groups in total. The molecule has 1 fully saturated rings. The SMILES string of the molecule is Cc1nc(-c2ccc(C(=O)N3CCC(C(=O)NCc4ccccc4)CC3)cc2)no1. The van der Waals surface area contributed by atoms with E-state index in [0.29, 0.717) is 49.8 Å². The minimum Gasteiger partial charge on any atom is -0.352 e. The first-order valence-corrected chi connectivity index (χ1v) is 10.1. The number of aryl methyl sites for hydroxylation is 1. The van der Waals surface area contributed by atoms with E-state index in [-0.39, 0.29) is 17.7 Å². The Morgan fingerprint density at radius 1 is 1.07 bits per heavy atom. The molecule has 1 saturated heterocycles. The molecule has 0 atom stereocenters. The van der Waals surface area contributed by atoms with Crippen molar-refractivity contribution in [3.63, 3.8) is 0 Å². The smallest absolute Gasteiger partial charge is 0.253 e. The quantitative estimate of drug-likeness (QED) is 0.705. The van der Waals surface area contributed by atoms with Crippen molar-refractivity contribution in [3.05, 3.63) is 71.6 Å². The van der Waals surface area contributed by atoms with Crippen LogP contribution in [0.15, 0.2) is 59.1 Å². The maximum absolute atomic E-state index is 12.8. The third-order valence-electron chi connectivity index (χ3n) is 5.38. The number of amides is 2. The summed E-state index contributed by atoms with van der Waals surface area (Å²) in [4.78, 5) is 31.3. The van der Waals surface area contributed by atoms with E-state index >= 15 is 0 Å². The molecule has 0 radical (unpaired) electrons. The van der Waals surface area contributed by atoms with Gasteiger partial charge in [-0.05, 0) is 30.5 Å². The Hall–Kier alpha value is -3.48. The van der Waals surface area contributed by atoms with Gasteiger partial charge in [0.05, 0.1) is 0 Å². The average molecular weight is 404 g/mol. The third kappa shape index (κ3) is 4.56. The van der Waals surface area contributed by atoms with Gasteiger partial charge in [-0.3, -0.25) is 9.59 Å². The molecular formula is C23H24N4O3. The number of benzene rings is 2. The fraction of sp³-hybridized carbons (Fsp3) is 0.304. The number of hydrogen-bond acceptors (Lipinski definition) is 5. The van der Waals surface area contributed by atoms with Crippen molar-refractivity contribution in [1.29, 1.82) is 0 Å². The molecule has 0 aliphatic carbocycles. The standard InChI is InChI=1S/C23H24N4O3/c1-16-25-21(26-30-16)18-7-9-20(10-8-18)23(29)27-13-11-19(12-14-27)22(28)24-15-17-5-3-2-4-6-17/h2-10,19H,11-15H2,1H3,(H,24,28). The molecule has 0 unspecified atom stereocenters. The van der Waals surface area contributed by atoms with E-state index in [4.69, 9.17) is 4.52 Å². The van der Waals surface area contributed by atoms with Gasteiger partial charge in [-0.25, -0.2) is 0 Å². The van der Waals surface area contributed by atoms with Gasteiger partial charge in [0.25, 0.3) is 5.91 Å². The Balaban J connectivity index is 1.29. The van der Waals surface area contributed by atoms with Gasteiger partial charge in [-0.15, -0.1) is 0 Å². The second kappa shape index (κ2) is 8.90. The highest BCUT2D eigenvalue weighted by atomic mass is 16.5. The number of nitrogens with zero attached hydrogens (tertiary/aromatic N) is 3. The number of piperidine rings is 1. The zero-order valence-electron chi connectivity index (χ0n) is 16.9. The van der Waals surface area contributed by atoms with E-state index in [9.17, 15) is 9.59 Å². The Morgan fingerprint density at radius 2 is 1.77 bits per heavy atom. The Kier molecular flexibility index (Phi) is 5.88. The number of carbonyl (C=O) groups is 2. The highest BCUT2D eigenvalue weighted by Gasteiger charge is 2.27. The first-order chi connectivity index (χ1) is 14.6. The molecule has 0 saturated carbocycles. The highest BCUT2D eigenvalue weighted by Crippen LogP contribution is 2.21. The molecule has 1 aliphatic rings. The lowest BCUT2D eigenvalue weighted by Crippen LogP contribution is -2.42. The molecule has 2 heterocycles. The van der Waals surface area contributed by atoms with E-state index in [0.717, 1.165) is 11.1 Å². The molecular weight excluding hydrogens is 380 g/mol. The van der Waals surface area contributed by atoms with Crippen LogP contribution in [0.4, 0.5) is 0 Å². The van der Waals surface area contributed by atoms with Gasteiger partial charge in [0, 0.05) is 43.6 Å². The summed E-state index contributed by atoms with van der Waals surface area (Å²) in [5.41, 5.74) is 2.50. The van der Waals surface area contributed by atoms with Crippen LogP contribution in [-0.2, 0) is 11.3 Å².